The molecule has 11 nitrogen and oxygen atoms in total. The van der Waals surface area contributed by atoms with Crippen LogP contribution in [0.1, 0.15) is 93.2 Å². The number of carbonyl (C=O) groups is 4. The molecule has 2 aromatic rings. The highest BCUT2D eigenvalue weighted by atomic mass is 16.6. The molecule has 4 atom stereocenters. The van der Waals surface area contributed by atoms with E-state index in [9.17, 15) is 24.3 Å². The van der Waals surface area contributed by atoms with E-state index in [1.807, 2.05) is 88.4 Å². The number of carbonyl (C=O) groups excluding carboxylic acids is 4. The third-order valence-corrected chi connectivity index (χ3v) is 7.41. The molecule has 0 aromatic heterocycles. The summed E-state index contributed by atoms with van der Waals surface area (Å²) in [5.74, 6) is -0.924. The van der Waals surface area contributed by atoms with E-state index >= 15 is 0 Å². The Morgan fingerprint density at radius 2 is 1.20 bits per heavy atom. The van der Waals surface area contributed by atoms with Crippen molar-refractivity contribution in [2.24, 2.45) is 11.8 Å². The number of esters is 1. The minimum absolute atomic E-state index is 0.0255. The summed E-state index contributed by atoms with van der Waals surface area (Å²) in [5.41, 5.74) is 0.190. The van der Waals surface area contributed by atoms with Gasteiger partial charge >= 0.3 is 18.1 Å². The van der Waals surface area contributed by atoms with Gasteiger partial charge in [-0.2, -0.15) is 0 Å². The summed E-state index contributed by atoms with van der Waals surface area (Å²) >= 11 is 0. The zero-order valence-corrected chi connectivity index (χ0v) is 31.6. The lowest BCUT2D eigenvalue weighted by Crippen LogP contribution is -2.57. The van der Waals surface area contributed by atoms with Crippen LogP contribution in [0.2, 0.25) is 0 Å². The average Bonchev–Trinajstić information content (AvgIpc) is 2.98. The van der Waals surface area contributed by atoms with Crippen LogP contribution in [0.25, 0.3) is 0 Å². The van der Waals surface area contributed by atoms with Gasteiger partial charge in [-0.05, 0) is 83.8 Å². The molecule has 0 spiro atoms. The summed E-state index contributed by atoms with van der Waals surface area (Å²) in [5, 5.41) is 20.2. The van der Waals surface area contributed by atoms with Crippen LogP contribution in [0.5, 0.6) is 0 Å². The topological polar surface area (TPSA) is 146 Å². The molecular formula is C39H60N4O7. The largest absolute Gasteiger partial charge is 0.458 e. The maximum Gasteiger partial charge on any atom is 0.407 e. The summed E-state index contributed by atoms with van der Waals surface area (Å²) in [7, 11) is 0. The molecule has 0 radical (unpaired) electrons. The molecule has 0 aliphatic rings. The van der Waals surface area contributed by atoms with Crippen molar-refractivity contribution in [1.29, 1.82) is 0 Å². The van der Waals surface area contributed by atoms with Crippen LogP contribution < -0.4 is 16.0 Å². The third kappa shape index (κ3) is 16.5. The zero-order valence-electron chi connectivity index (χ0n) is 31.6. The van der Waals surface area contributed by atoms with E-state index < -0.39 is 59.4 Å². The van der Waals surface area contributed by atoms with Gasteiger partial charge in [0.25, 0.3) is 0 Å². The summed E-state index contributed by atoms with van der Waals surface area (Å²) in [6.07, 6.45) is -0.951. The number of amides is 4. The second-order valence-corrected chi connectivity index (χ2v) is 15.7. The summed E-state index contributed by atoms with van der Waals surface area (Å²) in [6, 6.07) is 15.4. The molecule has 0 saturated carbocycles. The molecule has 0 fully saturated rings. The number of nitrogens with one attached hydrogen (secondary N) is 3. The van der Waals surface area contributed by atoms with Crippen LogP contribution in [0, 0.1) is 11.8 Å². The van der Waals surface area contributed by atoms with Gasteiger partial charge < -0.3 is 35.4 Å². The van der Waals surface area contributed by atoms with E-state index in [0.717, 1.165) is 11.1 Å². The quantitative estimate of drug-likeness (QED) is 0.158. The number of urea groups is 1. The van der Waals surface area contributed by atoms with E-state index in [1.165, 1.54) is 4.90 Å². The molecule has 0 aliphatic carbocycles. The first-order valence-electron chi connectivity index (χ1n) is 17.6. The van der Waals surface area contributed by atoms with Gasteiger partial charge in [-0.15, -0.1) is 0 Å². The molecule has 278 valence electrons. The molecule has 4 amide bonds. The number of benzene rings is 2. The molecule has 4 N–H and O–H groups in total. The molecule has 0 aliphatic heterocycles. The van der Waals surface area contributed by atoms with Crippen LogP contribution in [0.15, 0.2) is 60.7 Å². The Morgan fingerprint density at radius 1 is 0.700 bits per heavy atom. The first kappa shape index (κ1) is 42.0. The fourth-order valence-electron chi connectivity index (χ4n) is 5.26. The number of nitrogens with zero attached hydrogens (tertiary/aromatic N) is 1. The van der Waals surface area contributed by atoms with Crippen molar-refractivity contribution in [1.82, 2.24) is 20.9 Å². The Kier molecular flexibility index (Phi) is 16.2. The van der Waals surface area contributed by atoms with Gasteiger partial charge in [-0.25, -0.2) is 14.4 Å². The normalized spacial score (nSPS) is 14.3. The van der Waals surface area contributed by atoms with Crippen molar-refractivity contribution < 1.29 is 33.8 Å². The van der Waals surface area contributed by atoms with E-state index in [0.29, 0.717) is 12.8 Å². The number of aliphatic hydroxyl groups excluding tert-OH is 1. The maximum absolute atomic E-state index is 14.1. The van der Waals surface area contributed by atoms with Crippen molar-refractivity contribution in [3.05, 3.63) is 71.8 Å². The number of hydrogen-bond acceptors (Lipinski definition) is 7. The first-order chi connectivity index (χ1) is 23.2. The number of alkyl carbamates (subject to hydrolysis) is 1. The highest BCUT2D eigenvalue weighted by Gasteiger charge is 2.33. The minimum atomic E-state index is -1.21. The van der Waals surface area contributed by atoms with Gasteiger partial charge in [0.05, 0.1) is 18.7 Å². The van der Waals surface area contributed by atoms with Gasteiger partial charge in [0.15, 0.2) is 0 Å². The van der Waals surface area contributed by atoms with Crippen LogP contribution >= 0.6 is 0 Å². The monoisotopic (exact) mass is 696 g/mol. The van der Waals surface area contributed by atoms with Crippen LogP contribution in [0.4, 0.5) is 9.59 Å². The van der Waals surface area contributed by atoms with E-state index in [4.69, 9.17) is 9.47 Å². The summed E-state index contributed by atoms with van der Waals surface area (Å²) < 4.78 is 11.1. The first-order valence-corrected chi connectivity index (χ1v) is 17.6. The zero-order chi connectivity index (χ0) is 37.6. The minimum Gasteiger partial charge on any atom is -0.458 e. The van der Waals surface area contributed by atoms with Gasteiger partial charge in [0, 0.05) is 6.54 Å². The van der Waals surface area contributed by atoms with Crippen LogP contribution in [0.3, 0.4) is 0 Å². The smallest absolute Gasteiger partial charge is 0.407 e. The number of hydrogen-bond donors (Lipinski definition) is 4. The molecule has 2 rings (SSSR count). The van der Waals surface area contributed by atoms with E-state index in [2.05, 4.69) is 16.0 Å². The van der Waals surface area contributed by atoms with Crippen LogP contribution in [-0.2, 0) is 32.0 Å². The molecule has 50 heavy (non-hydrogen) atoms. The summed E-state index contributed by atoms with van der Waals surface area (Å²) in [4.78, 5) is 55.2. The Morgan fingerprint density at radius 3 is 1.70 bits per heavy atom. The molecule has 11 heteroatoms. The number of rotatable bonds is 16. The van der Waals surface area contributed by atoms with Crippen molar-refractivity contribution >= 4 is 24.0 Å². The molecule has 0 saturated heterocycles. The lowest BCUT2D eigenvalue weighted by Gasteiger charge is -2.32. The second kappa shape index (κ2) is 19.3. The average molecular weight is 697 g/mol. The van der Waals surface area contributed by atoms with Crippen molar-refractivity contribution in [2.45, 2.75) is 130 Å². The molecule has 0 unspecified atom stereocenters. The molecular weight excluding hydrogens is 636 g/mol. The van der Waals surface area contributed by atoms with Crippen molar-refractivity contribution in [3.63, 3.8) is 0 Å². The Balaban J connectivity index is 2.38. The van der Waals surface area contributed by atoms with Gasteiger partial charge in [0.1, 0.15) is 23.3 Å². The predicted octanol–water partition coefficient (Wildman–Crippen LogP) is 5.98. The Bertz CT molecular complexity index is 1350. The fraction of sp³-hybridized carbons (Fsp3) is 0.590. The molecule has 2 aromatic carbocycles. The number of aliphatic hydroxyl groups is 1. The SMILES string of the molecule is CC(C)C[C@@H](NC(=O)N(Cc1ccccc1)C[C@@H](O)[C@@H](Cc1ccccc1)NC(=O)OC(C)(C)C)C(=O)N[C@H](CC(C)C)C(=O)OC(C)(C)C. The van der Waals surface area contributed by atoms with E-state index in [-0.39, 0.29) is 31.3 Å². The standard InChI is InChI=1S/C39H60N4O7/c1-26(2)21-31(34(45)40-32(22-27(3)4)35(46)49-38(5,6)7)41-36(47)43(24-29-19-15-12-16-20-29)25-33(44)30(23-28-17-13-11-14-18-28)42-37(48)50-39(8,9)10/h11-20,26-27,30-33,44H,21-25H2,1-10H3,(H,40,45)(H,41,47)(H,42,48)/t30-,31-,32-,33-/m1/s1. The Labute approximate surface area is 298 Å². The fourth-order valence-corrected chi connectivity index (χ4v) is 5.26. The van der Waals surface area contributed by atoms with Gasteiger partial charge in [-0.1, -0.05) is 88.4 Å². The third-order valence-electron chi connectivity index (χ3n) is 7.41. The van der Waals surface area contributed by atoms with Gasteiger partial charge in [0.2, 0.25) is 5.91 Å². The van der Waals surface area contributed by atoms with Crippen molar-refractivity contribution in [2.75, 3.05) is 6.54 Å². The number of ether oxygens (including phenoxy) is 2. The molecule has 0 heterocycles. The lowest BCUT2D eigenvalue weighted by molar-refractivity contribution is -0.159. The second-order valence-electron chi connectivity index (χ2n) is 15.7. The predicted molar refractivity (Wildman–Crippen MR) is 195 cm³/mol. The Hall–Kier alpha value is -4.12. The van der Waals surface area contributed by atoms with Gasteiger partial charge in [-0.3, -0.25) is 4.79 Å². The van der Waals surface area contributed by atoms with E-state index in [1.54, 1.807) is 41.5 Å². The maximum atomic E-state index is 14.1. The summed E-state index contributed by atoms with van der Waals surface area (Å²) in [6.45, 7) is 18.3. The molecule has 0 bridgehead atoms. The van der Waals surface area contributed by atoms with Crippen molar-refractivity contribution in [3.8, 4) is 0 Å². The lowest BCUT2D eigenvalue weighted by atomic mass is 10.00. The van der Waals surface area contributed by atoms with Crippen LogP contribution in [-0.4, -0.2) is 76.0 Å². The highest BCUT2D eigenvalue weighted by Crippen LogP contribution is 2.16. The highest BCUT2D eigenvalue weighted by molar-refractivity contribution is 5.90.